The fourth-order valence-electron chi connectivity index (χ4n) is 2.23. The third kappa shape index (κ3) is 5.53. The van der Waals surface area contributed by atoms with E-state index in [9.17, 15) is 13.2 Å². The van der Waals surface area contributed by atoms with E-state index in [1.165, 1.54) is 38.4 Å². The molecular formula is C19H21N3O5S. The van der Waals surface area contributed by atoms with E-state index in [0.717, 1.165) is 4.47 Å². The van der Waals surface area contributed by atoms with Crippen LogP contribution >= 0.6 is 0 Å². The molecule has 8 nitrogen and oxygen atoms in total. The predicted molar refractivity (Wildman–Crippen MR) is 103 cm³/mol. The maximum Gasteiger partial charge on any atom is 0.264 e. The van der Waals surface area contributed by atoms with Gasteiger partial charge in [-0.15, -0.1) is 0 Å². The second-order valence-corrected chi connectivity index (χ2v) is 7.65. The first-order chi connectivity index (χ1) is 13.4. The highest BCUT2D eigenvalue weighted by Crippen LogP contribution is 2.20. The number of hydrogen-bond acceptors (Lipinski definition) is 6. The van der Waals surface area contributed by atoms with Crippen LogP contribution in [0.4, 0.5) is 5.69 Å². The number of anilines is 1. The second kappa shape index (κ2) is 9.85. The van der Waals surface area contributed by atoms with E-state index < -0.39 is 10.0 Å². The number of unbranched alkanes of at least 4 members (excludes halogenated alkanes) is 1. The van der Waals surface area contributed by atoms with Gasteiger partial charge in [0.1, 0.15) is 5.75 Å². The molecule has 0 aliphatic rings. The van der Waals surface area contributed by atoms with Gasteiger partial charge in [-0.1, -0.05) is 10.5 Å². The largest absolute Gasteiger partial charge is 0.493 e. The maximum absolute atomic E-state index is 12.4. The molecule has 28 heavy (non-hydrogen) atoms. The van der Waals surface area contributed by atoms with Crippen molar-refractivity contribution in [2.75, 3.05) is 26.1 Å². The van der Waals surface area contributed by atoms with Crippen molar-refractivity contribution in [3.05, 3.63) is 54.1 Å². The van der Waals surface area contributed by atoms with Crippen molar-refractivity contribution in [1.82, 2.24) is 4.47 Å². The normalized spacial score (nSPS) is 11.1. The van der Waals surface area contributed by atoms with Crippen LogP contribution in [0.25, 0.3) is 0 Å². The Morgan fingerprint density at radius 2 is 1.93 bits per heavy atom. The van der Waals surface area contributed by atoms with Crippen molar-refractivity contribution < 1.29 is 22.8 Å². The molecule has 0 aliphatic heterocycles. The third-order valence-electron chi connectivity index (χ3n) is 3.80. The Kier molecular flexibility index (Phi) is 7.52. The highest BCUT2D eigenvalue weighted by molar-refractivity contribution is 7.89. The molecule has 0 spiro atoms. The number of nitriles is 1. The highest BCUT2D eigenvalue weighted by Gasteiger charge is 2.21. The minimum Gasteiger partial charge on any atom is -0.493 e. The van der Waals surface area contributed by atoms with Gasteiger partial charge in [0.2, 0.25) is 0 Å². The predicted octanol–water partition coefficient (Wildman–Crippen LogP) is 2.80. The molecule has 0 radical (unpaired) electrons. The Labute approximate surface area is 164 Å². The fourth-order valence-corrected chi connectivity index (χ4v) is 3.21. The van der Waals surface area contributed by atoms with E-state index in [4.69, 9.17) is 14.8 Å². The molecule has 0 unspecified atom stereocenters. The molecule has 0 atom stereocenters. The standard InChI is InChI=1S/C19H21N3O5S/c1-22(26-2)28(24,25)18-10-8-15(9-11-18)19(23)21-16-6-5-7-17(14-16)27-13-4-3-12-20/h5-11,14H,3-4,13H2,1-2H3,(H,21,23). The number of sulfonamides is 1. The lowest BCUT2D eigenvalue weighted by Crippen LogP contribution is -2.25. The van der Waals surface area contributed by atoms with Gasteiger partial charge in [0, 0.05) is 30.8 Å². The molecule has 0 aliphatic carbocycles. The van der Waals surface area contributed by atoms with Crippen LogP contribution < -0.4 is 10.1 Å². The molecule has 9 heteroatoms. The van der Waals surface area contributed by atoms with Crippen LogP contribution in [0, 0.1) is 11.3 Å². The number of nitrogens with one attached hydrogen (secondary N) is 1. The molecular weight excluding hydrogens is 382 g/mol. The Hall–Kier alpha value is -2.93. The molecule has 2 aromatic rings. The van der Waals surface area contributed by atoms with E-state index in [2.05, 4.69) is 5.32 Å². The smallest absolute Gasteiger partial charge is 0.264 e. The summed E-state index contributed by atoms with van der Waals surface area (Å²) in [4.78, 5) is 17.1. The monoisotopic (exact) mass is 403 g/mol. The minimum atomic E-state index is -3.77. The summed E-state index contributed by atoms with van der Waals surface area (Å²) in [5.74, 6) is 0.199. The second-order valence-electron chi connectivity index (χ2n) is 5.71. The fraction of sp³-hybridized carbons (Fsp3) is 0.263. The summed E-state index contributed by atoms with van der Waals surface area (Å²) in [5, 5.41) is 11.3. The van der Waals surface area contributed by atoms with Crippen molar-refractivity contribution in [2.24, 2.45) is 0 Å². The van der Waals surface area contributed by atoms with Crippen molar-refractivity contribution in [1.29, 1.82) is 5.26 Å². The number of rotatable bonds is 9. The van der Waals surface area contributed by atoms with Crippen LogP contribution in [-0.4, -0.2) is 39.6 Å². The number of carbonyl (C=O) groups is 1. The Morgan fingerprint density at radius 3 is 2.57 bits per heavy atom. The summed E-state index contributed by atoms with van der Waals surface area (Å²) in [6, 6.07) is 14.5. The first-order valence-corrected chi connectivity index (χ1v) is 9.86. The summed E-state index contributed by atoms with van der Waals surface area (Å²) >= 11 is 0. The molecule has 0 saturated heterocycles. The zero-order valence-electron chi connectivity index (χ0n) is 15.6. The van der Waals surface area contributed by atoms with E-state index in [1.807, 2.05) is 6.07 Å². The van der Waals surface area contributed by atoms with Crippen LogP contribution in [0.1, 0.15) is 23.2 Å². The van der Waals surface area contributed by atoms with Gasteiger partial charge in [-0.25, -0.2) is 8.42 Å². The summed E-state index contributed by atoms with van der Waals surface area (Å²) < 4.78 is 30.6. The topological polar surface area (TPSA) is 109 Å². The summed E-state index contributed by atoms with van der Waals surface area (Å²) in [7, 11) is -1.23. The van der Waals surface area contributed by atoms with Gasteiger partial charge in [0.25, 0.3) is 15.9 Å². The van der Waals surface area contributed by atoms with E-state index in [1.54, 1.807) is 24.3 Å². The first kappa shape index (κ1) is 21.4. The number of carbonyl (C=O) groups excluding carboxylic acids is 1. The van der Waals surface area contributed by atoms with Gasteiger partial charge in [-0.2, -0.15) is 5.26 Å². The van der Waals surface area contributed by atoms with Crippen LogP contribution in [0.3, 0.4) is 0 Å². The number of nitrogens with zero attached hydrogens (tertiary/aromatic N) is 2. The van der Waals surface area contributed by atoms with E-state index in [-0.39, 0.29) is 10.8 Å². The van der Waals surface area contributed by atoms with Gasteiger partial charge in [-0.05, 0) is 42.8 Å². The van der Waals surface area contributed by atoms with Crippen molar-refractivity contribution >= 4 is 21.6 Å². The van der Waals surface area contributed by atoms with Gasteiger partial charge >= 0.3 is 0 Å². The SMILES string of the molecule is CON(C)S(=O)(=O)c1ccc(C(=O)Nc2cccc(OCCCC#N)c2)cc1. The highest BCUT2D eigenvalue weighted by atomic mass is 32.2. The van der Waals surface area contributed by atoms with Gasteiger partial charge < -0.3 is 10.1 Å². The van der Waals surface area contributed by atoms with E-state index >= 15 is 0 Å². The van der Waals surface area contributed by atoms with Crippen LogP contribution in [0.15, 0.2) is 53.4 Å². The van der Waals surface area contributed by atoms with E-state index in [0.29, 0.717) is 36.4 Å². The Bertz CT molecular complexity index is 952. The van der Waals surface area contributed by atoms with Gasteiger partial charge in [-0.3, -0.25) is 9.63 Å². The minimum absolute atomic E-state index is 0.0150. The number of hydrogen-bond donors (Lipinski definition) is 1. The lowest BCUT2D eigenvalue weighted by molar-refractivity contribution is -0.0258. The third-order valence-corrected chi connectivity index (χ3v) is 5.50. The zero-order chi connectivity index (χ0) is 20.6. The molecule has 2 rings (SSSR count). The first-order valence-electron chi connectivity index (χ1n) is 8.42. The Morgan fingerprint density at radius 1 is 1.21 bits per heavy atom. The van der Waals surface area contributed by atoms with Gasteiger partial charge in [0.05, 0.1) is 24.7 Å². The molecule has 1 amide bonds. The molecule has 0 fully saturated rings. The van der Waals surface area contributed by atoms with Crippen molar-refractivity contribution in [3.8, 4) is 11.8 Å². The number of benzene rings is 2. The molecule has 0 saturated carbocycles. The molecule has 1 N–H and O–H groups in total. The van der Waals surface area contributed by atoms with Crippen molar-refractivity contribution in [2.45, 2.75) is 17.7 Å². The number of ether oxygens (including phenoxy) is 1. The zero-order valence-corrected chi connectivity index (χ0v) is 16.4. The number of hydroxylamine groups is 1. The molecule has 0 bridgehead atoms. The quantitative estimate of drug-likeness (QED) is 0.509. The maximum atomic E-state index is 12.4. The van der Waals surface area contributed by atoms with Gasteiger partial charge in [0.15, 0.2) is 0 Å². The summed E-state index contributed by atoms with van der Waals surface area (Å²) in [5.41, 5.74) is 0.845. The molecule has 2 aromatic carbocycles. The average molecular weight is 403 g/mol. The summed E-state index contributed by atoms with van der Waals surface area (Å²) in [6.45, 7) is 0.414. The number of amides is 1. The lowest BCUT2D eigenvalue weighted by atomic mass is 10.2. The lowest BCUT2D eigenvalue weighted by Gasteiger charge is -2.14. The molecule has 0 aromatic heterocycles. The van der Waals surface area contributed by atoms with Crippen LogP contribution in [0.5, 0.6) is 5.75 Å². The van der Waals surface area contributed by atoms with Crippen LogP contribution in [0.2, 0.25) is 0 Å². The molecule has 148 valence electrons. The average Bonchev–Trinajstić information content (AvgIpc) is 2.71. The van der Waals surface area contributed by atoms with Crippen molar-refractivity contribution in [3.63, 3.8) is 0 Å². The molecule has 0 heterocycles. The van der Waals surface area contributed by atoms with Crippen LogP contribution in [-0.2, 0) is 14.9 Å². The summed E-state index contributed by atoms with van der Waals surface area (Å²) in [6.07, 6.45) is 1.04. The Balaban J connectivity index is 2.04.